The minimum absolute atomic E-state index is 0.0570. The van der Waals surface area contributed by atoms with Crippen molar-refractivity contribution in [2.45, 2.75) is 71.3 Å². The second-order valence-electron chi connectivity index (χ2n) is 6.79. The SMILES string of the molecule is Cc1cc(NC(=O)CCc2nnc(C(C)C)o2)n(C2CCCC2)n1. The van der Waals surface area contributed by atoms with E-state index in [2.05, 4.69) is 20.6 Å². The van der Waals surface area contributed by atoms with Gasteiger partial charge in [-0.3, -0.25) is 4.79 Å². The molecule has 2 aromatic heterocycles. The van der Waals surface area contributed by atoms with Crippen molar-refractivity contribution in [3.05, 3.63) is 23.5 Å². The first-order valence-electron chi connectivity index (χ1n) is 8.71. The summed E-state index contributed by atoms with van der Waals surface area (Å²) in [7, 11) is 0. The molecule has 1 fully saturated rings. The Bertz CT molecular complexity index is 698. The predicted molar refractivity (Wildman–Crippen MR) is 89.8 cm³/mol. The fourth-order valence-corrected chi connectivity index (χ4v) is 3.06. The van der Waals surface area contributed by atoms with Gasteiger partial charge in [0.25, 0.3) is 0 Å². The van der Waals surface area contributed by atoms with Gasteiger partial charge in [0, 0.05) is 24.8 Å². The molecule has 2 aromatic rings. The molecule has 3 rings (SSSR count). The van der Waals surface area contributed by atoms with Gasteiger partial charge in [0.2, 0.25) is 17.7 Å². The number of nitrogens with zero attached hydrogens (tertiary/aromatic N) is 4. The standard InChI is InChI=1S/C17H25N5O2/c1-11(2)17-20-19-16(24-17)9-8-15(23)18-14-10-12(3)21-22(14)13-6-4-5-7-13/h10-11,13H,4-9H2,1-3H3,(H,18,23). The van der Waals surface area contributed by atoms with Crippen molar-refractivity contribution >= 4 is 11.7 Å². The van der Waals surface area contributed by atoms with Crippen molar-refractivity contribution in [2.24, 2.45) is 0 Å². The predicted octanol–water partition coefficient (Wildman–Crippen LogP) is 3.38. The summed E-state index contributed by atoms with van der Waals surface area (Å²) in [6, 6.07) is 2.33. The number of nitrogens with one attached hydrogen (secondary N) is 1. The Morgan fingerprint density at radius 1 is 1.38 bits per heavy atom. The van der Waals surface area contributed by atoms with Crippen LogP contribution in [0.2, 0.25) is 0 Å². The topological polar surface area (TPSA) is 85.8 Å². The average Bonchev–Trinajstić information content (AvgIpc) is 3.25. The molecule has 1 N–H and O–H groups in total. The van der Waals surface area contributed by atoms with Crippen molar-refractivity contribution in [3.63, 3.8) is 0 Å². The van der Waals surface area contributed by atoms with Crippen molar-refractivity contribution in [1.82, 2.24) is 20.0 Å². The van der Waals surface area contributed by atoms with Gasteiger partial charge in [-0.1, -0.05) is 26.7 Å². The third-order valence-electron chi connectivity index (χ3n) is 4.34. The minimum atomic E-state index is -0.0570. The minimum Gasteiger partial charge on any atom is -0.425 e. The third kappa shape index (κ3) is 3.83. The number of amides is 1. The molecule has 0 saturated heterocycles. The van der Waals surface area contributed by atoms with Gasteiger partial charge < -0.3 is 9.73 Å². The number of aryl methyl sites for hydroxylation is 2. The first-order chi connectivity index (χ1) is 11.5. The van der Waals surface area contributed by atoms with Gasteiger partial charge >= 0.3 is 0 Å². The summed E-state index contributed by atoms with van der Waals surface area (Å²) < 4.78 is 7.51. The summed E-state index contributed by atoms with van der Waals surface area (Å²) in [6.07, 6.45) is 5.48. The Hall–Kier alpha value is -2.18. The first kappa shape index (κ1) is 16.7. The molecule has 7 heteroatoms. The highest BCUT2D eigenvalue weighted by molar-refractivity contribution is 5.90. The molecule has 0 aromatic carbocycles. The van der Waals surface area contributed by atoms with Crippen LogP contribution >= 0.6 is 0 Å². The zero-order valence-electron chi connectivity index (χ0n) is 14.6. The van der Waals surface area contributed by atoms with Crippen LogP contribution in [0.5, 0.6) is 0 Å². The van der Waals surface area contributed by atoms with E-state index in [1.54, 1.807) is 0 Å². The molecule has 1 aliphatic rings. The van der Waals surface area contributed by atoms with E-state index in [-0.39, 0.29) is 11.8 Å². The van der Waals surface area contributed by atoms with E-state index in [1.165, 1.54) is 12.8 Å². The van der Waals surface area contributed by atoms with Crippen LogP contribution in [-0.4, -0.2) is 25.9 Å². The van der Waals surface area contributed by atoms with Crippen molar-refractivity contribution < 1.29 is 9.21 Å². The maximum Gasteiger partial charge on any atom is 0.226 e. The van der Waals surface area contributed by atoms with Crippen LogP contribution in [-0.2, 0) is 11.2 Å². The van der Waals surface area contributed by atoms with Crippen LogP contribution < -0.4 is 5.32 Å². The van der Waals surface area contributed by atoms with E-state index >= 15 is 0 Å². The lowest BCUT2D eigenvalue weighted by Crippen LogP contribution is -2.18. The summed E-state index contributed by atoms with van der Waals surface area (Å²) in [6.45, 7) is 5.94. The molecule has 24 heavy (non-hydrogen) atoms. The molecule has 0 bridgehead atoms. The molecule has 0 spiro atoms. The molecule has 130 valence electrons. The van der Waals surface area contributed by atoms with Gasteiger partial charge in [0.15, 0.2) is 0 Å². The van der Waals surface area contributed by atoms with E-state index in [4.69, 9.17) is 4.42 Å². The smallest absolute Gasteiger partial charge is 0.226 e. The lowest BCUT2D eigenvalue weighted by molar-refractivity contribution is -0.116. The van der Waals surface area contributed by atoms with Crippen molar-refractivity contribution in [2.75, 3.05) is 5.32 Å². The molecule has 0 unspecified atom stereocenters. The molecule has 2 heterocycles. The molecule has 0 aliphatic heterocycles. The Kier molecular flexibility index (Phi) is 4.97. The molecule has 7 nitrogen and oxygen atoms in total. The fourth-order valence-electron chi connectivity index (χ4n) is 3.06. The highest BCUT2D eigenvalue weighted by atomic mass is 16.4. The van der Waals surface area contributed by atoms with Crippen LogP contribution in [0, 0.1) is 6.92 Å². The Morgan fingerprint density at radius 2 is 2.12 bits per heavy atom. The maximum atomic E-state index is 12.3. The summed E-state index contributed by atoms with van der Waals surface area (Å²) in [5, 5.41) is 15.5. The van der Waals surface area contributed by atoms with Crippen molar-refractivity contribution in [1.29, 1.82) is 0 Å². The molecule has 0 radical (unpaired) electrons. The number of hydrogen-bond acceptors (Lipinski definition) is 5. The van der Waals surface area contributed by atoms with E-state index in [1.807, 2.05) is 31.5 Å². The van der Waals surface area contributed by atoms with E-state index < -0.39 is 0 Å². The van der Waals surface area contributed by atoms with Crippen LogP contribution in [0.3, 0.4) is 0 Å². The molecule has 1 aliphatic carbocycles. The Balaban J connectivity index is 1.58. The third-order valence-corrected chi connectivity index (χ3v) is 4.34. The summed E-state index contributed by atoms with van der Waals surface area (Å²) in [5.41, 5.74) is 0.927. The monoisotopic (exact) mass is 331 g/mol. The largest absolute Gasteiger partial charge is 0.425 e. The van der Waals surface area contributed by atoms with E-state index in [0.29, 0.717) is 30.7 Å². The van der Waals surface area contributed by atoms with Crippen LogP contribution in [0.25, 0.3) is 0 Å². The highest BCUT2D eigenvalue weighted by Gasteiger charge is 2.21. The van der Waals surface area contributed by atoms with Gasteiger partial charge in [-0.25, -0.2) is 4.68 Å². The Labute approximate surface area is 141 Å². The molecule has 0 atom stereocenters. The lowest BCUT2D eigenvalue weighted by atomic mass is 10.2. The molecular formula is C17H25N5O2. The number of rotatable bonds is 6. The molecule has 1 amide bonds. The summed E-state index contributed by atoms with van der Waals surface area (Å²) in [5.74, 6) is 2.05. The number of aromatic nitrogens is 4. The molecular weight excluding hydrogens is 306 g/mol. The van der Waals surface area contributed by atoms with Gasteiger partial charge in [-0.05, 0) is 19.8 Å². The molecule has 1 saturated carbocycles. The normalized spacial score (nSPS) is 15.3. The number of carbonyl (C=O) groups excluding carboxylic acids is 1. The second-order valence-corrected chi connectivity index (χ2v) is 6.79. The van der Waals surface area contributed by atoms with Gasteiger partial charge in [0.1, 0.15) is 5.82 Å². The van der Waals surface area contributed by atoms with Gasteiger partial charge in [0.05, 0.1) is 11.7 Å². The number of hydrogen-bond donors (Lipinski definition) is 1. The fraction of sp³-hybridized carbons (Fsp3) is 0.647. The number of anilines is 1. The zero-order chi connectivity index (χ0) is 17.1. The average molecular weight is 331 g/mol. The Morgan fingerprint density at radius 3 is 2.79 bits per heavy atom. The number of carbonyl (C=O) groups is 1. The van der Waals surface area contributed by atoms with Gasteiger partial charge in [-0.2, -0.15) is 5.10 Å². The summed E-state index contributed by atoms with van der Waals surface area (Å²) >= 11 is 0. The van der Waals surface area contributed by atoms with Gasteiger partial charge in [-0.15, -0.1) is 10.2 Å². The zero-order valence-corrected chi connectivity index (χ0v) is 14.6. The maximum absolute atomic E-state index is 12.3. The van der Waals surface area contributed by atoms with Crippen LogP contribution in [0.4, 0.5) is 5.82 Å². The van der Waals surface area contributed by atoms with Crippen LogP contribution in [0.15, 0.2) is 10.5 Å². The lowest BCUT2D eigenvalue weighted by Gasteiger charge is -2.14. The van der Waals surface area contributed by atoms with Crippen molar-refractivity contribution in [3.8, 4) is 0 Å². The first-order valence-corrected chi connectivity index (χ1v) is 8.71. The quantitative estimate of drug-likeness (QED) is 0.877. The second kappa shape index (κ2) is 7.15. The summed E-state index contributed by atoms with van der Waals surface area (Å²) in [4.78, 5) is 12.3. The van der Waals surface area contributed by atoms with Crippen LogP contribution in [0.1, 0.15) is 75.4 Å². The van der Waals surface area contributed by atoms with E-state index in [0.717, 1.165) is 24.4 Å². The highest BCUT2D eigenvalue weighted by Crippen LogP contribution is 2.31. The van der Waals surface area contributed by atoms with E-state index in [9.17, 15) is 4.79 Å².